The van der Waals surface area contributed by atoms with Crippen LogP contribution >= 0.6 is 11.6 Å². The Bertz CT molecular complexity index is 1500. The van der Waals surface area contributed by atoms with Crippen LogP contribution in [0.3, 0.4) is 0 Å². The highest BCUT2D eigenvalue weighted by molar-refractivity contribution is 6.34. The molecule has 3 atom stereocenters. The molecule has 6 N–H and O–H groups in total. The quantitative estimate of drug-likeness (QED) is 0.299. The average Bonchev–Trinajstić information content (AvgIpc) is 3.19. The maximum absolute atomic E-state index is 16.0. The van der Waals surface area contributed by atoms with E-state index in [4.69, 9.17) is 42.4 Å². The zero-order valence-corrected chi connectivity index (χ0v) is 23.2. The van der Waals surface area contributed by atoms with Gasteiger partial charge >= 0.3 is 6.09 Å². The van der Waals surface area contributed by atoms with E-state index in [0.717, 1.165) is 18.2 Å². The number of ether oxygens (including phenoxy) is 3. The third-order valence-corrected chi connectivity index (χ3v) is 7.16. The lowest BCUT2D eigenvalue weighted by Gasteiger charge is -2.44. The first-order valence-electron chi connectivity index (χ1n) is 12.5. The van der Waals surface area contributed by atoms with E-state index in [0.29, 0.717) is 5.56 Å². The number of aliphatic hydroxyl groups is 2. The largest absolute Gasteiger partial charge is 0.488 e. The number of halogens is 3. The van der Waals surface area contributed by atoms with Crippen molar-refractivity contribution in [2.75, 3.05) is 13.2 Å². The van der Waals surface area contributed by atoms with Crippen molar-refractivity contribution in [2.24, 2.45) is 16.9 Å². The fourth-order valence-corrected chi connectivity index (χ4v) is 5.48. The third-order valence-electron chi connectivity index (χ3n) is 6.79. The number of hydrogen-bond acceptors (Lipinski definition) is 7. The van der Waals surface area contributed by atoms with Gasteiger partial charge in [-0.05, 0) is 12.1 Å². The lowest BCUT2D eigenvalue weighted by molar-refractivity contribution is -0.152. The van der Waals surface area contributed by atoms with Gasteiger partial charge < -0.3 is 35.9 Å². The molecular formula is C29H29ClF2N2O7. The Labute approximate surface area is 239 Å². The molecule has 1 aliphatic heterocycles. The predicted octanol–water partition coefficient (Wildman–Crippen LogP) is 4.59. The fraction of sp³-hybridized carbons (Fsp3) is 0.310. The SMILES string of the molecule is CC(C)(C)[C@H](OC(N)=O)[C@@]1(c2ccccc2)Oc2cc(F)c(Cl)c(-c3c(C(N)=O)ccc(OCCO)c3F)c2[C@@H]1O. The zero-order chi connectivity index (χ0) is 30.3. The van der Waals surface area contributed by atoms with Gasteiger partial charge in [-0.15, -0.1) is 0 Å². The summed E-state index contributed by atoms with van der Waals surface area (Å²) in [5.74, 6) is -3.92. The zero-order valence-electron chi connectivity index (χ0n) is 22.4. The lowest BCUT2D eigenvalue weighted by atomic mass is 9.71. The highest BCUT2D eigenvalue weighted by Crippen LogP contribution is 2.59. The van der Waals surface area contributed by atoms with Crippen molar-refractivity contribution < 1.29 is 42.8 Å². The molecule has 218 valence electrons. The first-order valence-corrected chi connectivity index (χ1v) is 12.9. The molecule has 4 rings (SSSR count). The van der Waals surface area contributed by atoms with Gasteiger partial charge in [0.1, 0.15) is 24.3 Å². The highest BCUT2D eigenvalue weighted by Gasteiger charge is 2.61. The molecule has 9 nitrogen and oxygen atoms in total. The first kappa shape index (κ1) is 30.0. The molecule has 0 saturated carbocycles. The van der Waals surface area contributed by atoms with Crippen molar-refractivity contribution in [3.63, 3.8) is 0 Å². The van der Waals surface area contributed by atoms with Crippen LogP contribution in [0.1, 0.15) is 48.4 Å². The summed E-state index contributed by atoms with van der Waals surface area (Å²) in [5.41, 5.74) is 6.89. The fourth-order valence-electron chi connectivity index (χ4n) is 5.23. The topological polar surface area (TPSA) is 154 Å². The number of fused-ring (bicyclic) bond motifs is 1. The molecule has 1 aliphatic rings. The number of carbonyl (C=O) groups excluding carboxylic acids is 2. The second-order valence-corrected chi connectivity index (χ2v) is 10.9. The molecule has 3 aromatic carbocycles. The minimum Gasteiger partial charge on any atom is -0.488 e. The smallest absolute Gasteiger partial charge is 0.404 e. The summed E-state index contributed by atoms with van der Waals surface area (Å²) in [5, 5.41) is 20.6. The Kier molecular flexibility index (Phi) is 8.17. The average molecular weight is 591 g/mol. The van der Waals surface area contributed by atoms with Crippen LogP contribution in [0.4, 0.5) is 13.6 Å². The van der Waals surface area contributed by atoms with Gasteiger partial charge in [0.15, 0.2) is 17.7 Å². The van der Waals surface area contributed by atoms with E-state index in [1.807, 2.05) is 0 Å². The molecule has 0 spiro atoms. The number of rotatable bonds is 8. The van der Waals surface area contributed by atoms with Crippen molar-refractivity contribution in [3.8, 4) is 22.6 Å². The van der Waals surface area contributed by atoms with E-state index in [9.17, 15) is 14.7 Å². The van der Waals surface area contributed by atoms with Gasteiger partial charge in [0.2, 0.25) is 11.5 Å². The Morgan fingerprint density at radius 1 is 1.12 bits per heavy atom. The summed E-state index contributed by atoms with van der Waals surface area (Å²) < 4.78 is 48.6. The van der Waals surface area contributed by atoms with Crippen LogP contribution in [-0.4, -0.2) is 41.5 Å². The van der Waals surface area contributed by atoms with Crippen LogP contribution in [0, 0.1) is 17.0 Å². The van der Waals surface area contributed by atoms with Crippen molar-refractivity contribution in [1.82, 2.24) is 0 Å². The van der Waals surface area contributed by atoms with E-state index in [1.165, 1.54) is 0 Å². The molecule has 0 radical (unpaired) electrons. The first-order chi connectivity index (χ1) is 19.2. The molecular weight excluding hydrogens is 562 g/mol. The van der Waals surface area contributed by atoms with Crippen LogP contribution in [0.5, 0.6) is 11.5 Å². The van der Waals surface area contributed by atoms with E-state index in [1.54, 1.807) is 51.1 Å². The number of hydrogen-bond donors (Lipinski definition) is 4. The Balaban J connectivity index is 2.10. The molecule has 12 heteroatoms. The van der Waals surface area contributed by atoms with E-state index < -0.39 is 75.2 Å². The Hall–Kier alpha value is -3.93. The molecule has 0 aliphatic carbocycles. The molecule has 2 amide bonds. The summed E-state index contributed by atoms with van der Waals surface area (Å²) in [4.78, 5) is 24.5. The summed E-state index contributed by atoms with van der Waals surface area (Å²) in [6.07, 6.45) is -4.22. The number of benzene rings is 3. The maximum atomic E-state index is 16.0. The normalized spacial score (nSPS) is 18.8. The minimum absolute atomic E-state index is 0.191. The summed E-state index contributed by atoms with van der Waals surface area (Å²) >= 11 is 6.43. The van der Waals surface area contributed by atoms with Crippen LogP contribution in [0.15, 0.2) is 48.5 Å². The highest BCUT2D eigenvalue weighted by atomic mass is 35.5. The molecule has 0 bridgehead atoms. The summed E-state index contributed by atoms with van der Waals surface area (Å²) in [6.45, 7) is 4.41. The molecule has 0 unspecified atom stereocenters. The summed E-state index contributed by atoms with van der Waals surface area (Å²) in [7, 11) is 0. The van der Waals surface area contributed by atoms with Crippen LogP contribution < -0.4 is 20.9 Å². The van der Waals surface area contributed by atoms with Crippen molar-refractivity contribution in [2.45, 2.75) is 38.6 Å². The van der Waals surface area contributed by atoms with E-state index >= 15 is 8.78 Å². The van der Waals surface area contributed by atoms with Gasteiger partial charge in [-0.1, -0.05) is 62.7 Å². The van der Waals surface area contributed by atoms with Gasteiger partial charge in [-0.25, -0.2) is 13.6 Å². The monoisotopic (exact) mass is 590 g/mol. The Morgan fingerprint density at radius 2 is 1.78 bits per heavy atom. The molecule has 0 fully saturated rings. The maximum Gasteiger partial charge on any atom is 0.404 e. The van der Waals surface area contributed by atoms with Crippen LogP contribution in [0.25, 0.3) is 11.1 Å². The third kappa shape index (κ3) is 5.16. The van der Waals surface area contributed by atoms with Crippen LogP contribution in [-0.2, 0) is 10.3 Å². The van der Waals surface area contributed by atoms with Crippen molar-refractivity contribution in [3.05, 3.63) is 81.9 Å². The van der Waals surface area contributed by atoms with Crippen molar-refractivity contribution in [1.29, 1.82) is 0 Å². The van der Waals surface area contributed by atoms with Gasteiger partial charge in [0.25, 0.3) is 0 Å². The molecule has 1 heterocycles. The number of nitrogens with two attached hydrogens (primary N) is 2. The Morgan fingerprint density at radius 3 is 2.34 bits per heavy atom. The van der Waals surface area contributed by atoms with E-state index in [2.05, 4.69) is 0 Å². The summed E-state index contributed by atoms with van der Waals surface area (Å²) in [6, 6.07) is 11.4. The lowest BCUT2D eigenvalue weighted by Crippen LogP contribution is -2.55. The van der Waals surface area contributed by atoms with Gasteiger partial charge in [0.05, 0.1) is 17.2 Å². The second-order valence-electron chi connectivity index (χ2n) is 10.5. The van der Waals surface area contributed by atoms with Gasteiger partial charge in [-0.3, -0.25) is 4.79 Å². The molecule has 41 heavy (non-hydrogen) atoms. The number of aliphatic hydroxyl groups excluding tert-OH is 2. The number of primary amides is 2. The van der Waals surface area contributed by atoms with Gasteiger partial charge in [-0.2, -0.15) is 0 Å². The molecule has 0 aromatic heterocycles. The number of amides is 2. The van der Waals surface area contributed by atoms with Crippen molar-refractivity contribution >= 4 is 23.6 Å². The molecule has 0 saturated heterocycles. The number of carbonyl (C=O) groups is 2. The van der Waals surface area contributed by atoms with Gasteiger partial charge in [0, 0.05) is 33.7 Å². The minimum atomic E-state index is -1.93. The molecule has 3 aromatic rings. The predicted molar refractivity (Wildman–Crippen MR) is 146 cm³/mol. The second kappa shape index (κ2) is 11.2. The standard InChI is InChI=1S/C29H29ClF2N2O7/c1-28(2,3)26(40-27(34)38)29(14-7-5-4-6-8-14)24(36)20-18(41-29)13-16(31)22(30)21(20)19-15(25(33)37)9-10-17(23(19)32)39-12-11-35/h4-10,13,24,26,35-36H,11-12H2,1-3H3,(H2,33,37)(H2,34,38)/t24-,26-,29-/m0/s1. The van der Waals surface area contributed by atoms with E-state index in [-0.39, 0.29) is 23.7 Å². The van der Waals surface area contributed by atoms with Crippen LogP contribution in [0.2, 0.25) is 5.02 Å².